The van der Waals surface area contributed by atoms with E-state index in [1.165, 1.54) is 0 Å². The van der Waals surface area contributed by atoms with E-state index in [1.54, 1.807) is 11.3 Å². The molecule has 4 aromatic rings. The van der Waals surface area contributed by atoms with Gasteiger partial charge in [-0.05, 0) is 25.0 Å². The van der Waals surface area contributed by atoms with Gasteiger partial charge >= 0.3 is 0 Å². The van der Waals surface area contributed by atoms with E-state index in [2.05, 4.69) is 23.9 Å². The van der Waals surface area contributed by atoms with Gasteiger partial charge in [0.25, 0.3) is 0 Å². The summed E-state index contributed by atoms with van der Waals surface area (Å²) in [4.78, 5) is 5.53. The molecule has 0 N–H and O–H groups in total. The third-order valence-corrected chi connectivity index (χ3v) is 4.97. The van der Waals surface area contributed by atoms with Crippen LogP contribution in [0.1, 0.15) is 31.7 Å². The number of ether oxygens (including phenoxy) is 1. The lowest BCUT2D eigenvalue weighted by atomic mass is 10.2. The summed E-state index contributed by atoms with van der Waals surface area (Å²) in [5.41, 5.74) is 1.58. The Bertz CT molecular complexity index is 951. The van der Waals surface area contributed by atoms with Gasteiger partial charge in [0.05, 0.1) is 12.8 Å². The van der Waals surface area contributed by atoms with Crippen LogP contribution in [0.3, 0.4) is 0 Å². The van der Waals surface area contributed by atoms with Crippen LogP contribution in [0.5, 0.6) is 5.75 Å². The largest absolute Gasteiger partial charge is 0.490 e. The van der Waals surface area contributed by atoms with Crippen molar-refractivity contribution in [2.24, 2.45) is 0 Å². The van der Waals surface area contributed by atoms with E-state index in [1.807, 2.05) is 35.0 Å². The zero-order valence-electron chi connectivity index (χ0n) is 13.8. The highest BCUT2D eigenvalue weighted by Crippen LogP contribution is 2.33. The monoisotopic (exact) mass is 341 g/mol. The van der Waals surface area contributed by atoms with E-state index in [0.29, 0.717) is 6.61 Å². The van der Waals surface area contributed by atoms with E-state index < -0.39 is 0 Å². The van der Waals surface area contributed by atoms with Crippen LogP contribution in [-0.2, 0) is 6.42 Å². The fourth-order valence-electron chi connectivity index (χ4n) is 2.61. The van der Waals surface area contributed by atoms with Gasteiger partial charge in [-0.1, -0.05) is 43.7 Å². The molecular formula is C18H19N3O2S. The average Bonchev–Trinajstić information content (AvgIpc) is 3.26. The second-order valence-electron chi connectivity index (χ2n) is 5.69. The summed E-state index contributed by atoms with van der Waals surface area (Å²) in [6, 6.07) is 7.98. The quantitative estimate of drug-likeness (QED) is 0.466. The van der Waals surface area contributed by atoms with Crippen molar-refractivity contribution in [2.45, 2.75) is 33.1 Å². The van der Waals surface area contributed by atoms with Crippen LogP contribution in [-0.4, -0.2) is 21.2 Å². The van der Waals surface area contributed by atoms with Crippen LogP contribution in [0.4, 0.5) is 0 Å². The molecule has 0 aliphatic rings. The molecule has 24 heavy (non-hydrogen) atoms. The lowest BCUT2D eigenvalue weighted by Gasteiger charge is -2.04. The van der Waals surface area contributed by atoms with E-state index >= 15 is 0 Å². The molecule has 0 aliphatic carbocycles. The van der Waals surface area contributed by atoms with Gasteiger partial charge in [-0.2, -0.15) is 5.10 Å². The highest BCUT2D eigenvalue weighted by atomic mass is 32.1. The van der Waals surface area contributed by atoms with E-state index in [-0.39, 0.29) is 0 Å². The number of aromatic nitrogens is 3. The predicted octanol–water partition coefficient (Wildman–Crippen LogP) is 4.95. The minimum atomic E-state index is 0.704. The summed E-state index contributed by atoms with van der Waals surface area (Å²) < 4.78 is 13.7. The highest BCUT2D eigenvalue weighted by Gasteiger charge is 2.15. The molecule has 0 spiro atoms. The van der Waals surface area contributed by atoms with Crippen LogP contribution >= 0.6 is 11.3 Å². The second kappa shape index (κ2) is 6.28. The van der Waals surface area contributed by atoms with Gasteiger partial charge in [-0.3, -0.25) is 0 Å². The predicted molar refractivity (Wildman–Crippen MR) is 95.9 cm³/mol. The van der Waals surface area contributed by atoms with Crippen LogP contribution < -0.4 is 4.74 Å². The number of hydrogen-bond acceptors (Lipinski definition) is 5. The third kappa shape index (κ3) is 2.67. The number of fused-ring (bicyclic) bond motifs is 2. The Morgan fingerprint density at radius 2 is 2.21 bits per heavy atom. The van der Waals surface area contributed by atoms with Crippen molar-refractivity contribution in [2.75, 3.05) is 6.61 Å². The molecule has 0 unspecified atom stereocenters. The number of nitrogens with zero attached hydrogens (tertiary/aromatic N) is 3. The van der Waals surface area contributed by atoms with Gasteiger partial charge in [0.2, 0.25) is 4.96 Å². The van der Waals surface area contributed by atoms with Crippen molar-refractivity contribution in [3.8, 4) is 17.2 Å². The molecule has 3 heterocycles. The number of unbranched alkanes of at least 4 members (excludes halogenated alkanes) is 1. The zero-order chi connectivity index (χ0) is 16.5. The fourth-order valence-corrected chi connectivity index (χ4v) is 3.42. The second-order valence-corrected chi connectivity index (χ2v) is 6.73. The molecule has 0 aliphatic heterocycles. The Labute approximate surface area is 143 Å². The fraction of sp³-hybridized carbons (Fsp3) is 0.333. The number of aryl methyl sites for hydroxylation is 1. The Morgan fingerprint density at radius 1 is 1.29 bits per heavy atom. The maximum Gasteiger partial charge on any atom is 0.212 e. The van der Waals surface area contributed by atoms with E-state index in [9.17, 15) is 0 Å². The van der Waals surface area contributed by atoms with Crippen molar-refractivity contribution >= 4 is 27.3 Å². The van der Waals surface area contributed by atoms with Gasteiger partial charge in [-0.25, -0.2) is 9.50 Å². The minimum Gasteiger partial charge on any atom is -0.490 e. The number of imidazole rings is 1. The van der Waals surface area contributed by atoms with Crippen LogP contribution in [0.2, 0.25) is 0 Å². The molecule has 4 rings (SSSR count). The normalized spacial score (nSPS) is 11.6. The van der Waals surface area contributed by atoms with Crippen molar-refractivity contribution in [1.29, 1.82) is 0 Å². The van der Waals surface area contributed by atoms with Gasteiger partial charge in [0.1, 0.15) is 10.7 Å². The summed E-state index contributed by atoms with van der Waals surface area (Å²) >= 11 is 1.61. The molecule has 0 amide bonds. The summed E-state index contributed by atoms with van der Waals surface area (Å²) in [6.07, 6.45) is 4.98. The Balaban J connectivity index is 1.70. The Hall–Kier alpha value is -2.34. The molecule has 1 aromatic carbocycles. The SMILES string of the molecule is CCCCOc1cccc2cc(-c3cn4nc(CC)sc4n3)oc12. The Morgan fingerprint density at radius 3 is 3.00 bits per heavy atom. The first-order valence-electron chi connectivity index (χ1n) is 8.29. The molecular weight excluding hydrogens is 322 g/mol. The number of para-hydroxylation sites is 1. The van der Waals surface area contributed by atoms with Crippen LogP contribution in [0, 0.1) is 0 Å². The van der Waals surface area contributed by atoms with Crippen molar-refractivity contribution in [1.82, 2.24) is 14.6 Å². The third-order valence-electron chi connectivity index (χ3n) is 3.90. The first-order valence-corrected chi connectivity index (χ1v) is 9.11. The molecule has 0 radical (unpaired) electrons. The van der Waals surface area contributed by atoms with Gasteiger partial charge in [0, 0.05) is 5.39 Å². The first-order chi connectivity index (χ1) is 11.8. The number of furan rings is 1. The van der Waals surface area contributed by atoms with E-state index in [0.717, 1.165) is 57.4 Å². The number of benzene rings is 1. The topological polar surface area (TPSA) is 52.6 Å². The van der Waals surface area contributed by atoms with Crippen LogP contribution in [0.15, 0.2) is 34.9 Å². The summed E-state index contributed by atoms with van der Waals surface area (Å²) in [7, 11) is 0. The van der Waals surface area contributed by atoms with Gasteiger partial charge in [-0.15, -0.1) is 0 Å². The first kappa shape index (κ1) is 15.2. The molecule has 0 saturated heterocycles. The van der Waals surface area contributed by atoms with Crippen molar-refractivity contribution in [3.63, 3.8) is 0 Å². The molecule has 0 saturated carbocycles. The smallest absolute Gasteiger partial charge is 0.212 e. The zero-order valence-corrected chi connectivity index (χ0v) is 14.6. The number of rotatable bonds is 6. The summed E-state index contributed by atoms with van der Waals surface area (Å²) in [6.45, 7) is 4.95. The molecule has 6 heteroatoms. The average molecular weight is 341 g/mol. The summed E-state index contributed by atoms with van der Waals surface area (Å²) in [5.74, 6) is 1.53. The summed E-state index contributed by atoms with van der Waals surface area (Å²) in [5, 5.41) is 6.61. The van der Waals surface area contributed by atoms with E-state index in [4.69, 9.17) is 9.15 Å². The molecule has 124 valence electrons. The lowest BCUT2D eigenvalue weighted by molar-refractivity contribution is 0.308. The molecule has 3 aromatic heterocycles. The van der Waals surface area contributed by atoms with Crippen molar-refractivity contribution < 1.29 is 9.15 Å². The lowest BCUT2D eigenvalue weighted by Crippen LogP contribution is -1.96. The molecule has 0 bridgehead atoms. The maximum atomic E-state index is 6.05. The highest BCUT2D eigenvalue weighted by molar-refractivity contribution is 7.16. The standard InChI is InChI=1S/C18H19N3O2S/c1-3-5-9-22-14-8-6-7-12-10-15(23-17(12)14)13-11-21-18(19-13)24-16(4-2)20-21/h6-8,10-11H,3-5,9H2,1-2H3. The molecule has 0 atom stereocenters. The maximum absolute atomic E-state index is 6.05. The van der Waals surface area contributed by atoms with Crippen molar-refractivity contribution in [3.05, 3.63) is 35.5 Å². The number of hydrogen-bond donors (Lipinski definition) is 0. The van der Waals surface area contributed by atoms with Gasteiger partial charge < -0.3 is 9.15 Å². The molecule has 5 nitrogen and oxygen atoms in total. The van der Waals surface area contributed by atoms with Gasteiger partial charge in [0.15, 0.2) is 17.1 Å². The van der Waals surface area contributed by atoms with Crippen LogP contribution in [0.25, 0.3) is 27.4 Å². The molecule has 0 fully saturated rings. The Kier molecular flexibility index (Phi) is 3.98. The minimum absolute atomic E-state index is 0.704.